The summed E-state index contributed by atoms with van der Waals surface area (Å²) in [4.78, 5) is 6.88. The van der Waals surface area contributed by atoms with Crippen LogP contribution in [0.2, 0.25) is 5.15 Å². The number of halogens is 1. The maximum atomic E-state index is 6.20. The Kier molecular flexibility index (Phi) is 2.78. The van der Waals surface area contributed by atoms with E-state index in [2.05, 4.69) is 22.0 Å². The molecule has 0 bridgehead atoms. The number of piperidine rings is 1. The van der Waals surface area contributed by atoms with Gasteiger partial charge in [-0.15, -0.1) is 0 Å². The molecule has 1 aliphatic carbocycles. The van der Waals surface area contributed by atoms with Crippen molar-refractivity contribution < 1.29 is 4.74 Å². The van der Waals surface area contributed by atoms with Gasteiger partial charge in [0, 0.05) is 13.1 Å². The van der Waals surface area contributed by atoms with E-state index < -0.39 is 0 Å². The summed E-state index contributed by atoms with van der Waals surface area (Å²) < 4.78 is 5.37. The van der Waals surface area contributed by atoms with Gasteiger partial charge in [-0.05, 0) is 47.9 Å². The smallest absolute Gasteiger partial charge is 0.132 e. The lowest BCUT2D eigenvalue weighted by molar-refractivity contribution is 0.161. The lowest BCUT2D eigenvalue weighted by Gasteiger charge is -2.21. The molecule has 3 nitrogen and oxygen atoms in total. The number of anilines is 1. The van der Waals surface area contributed by atoms with Crippen LogP contribution in [0.25, 0.3) is 5.57 Å². The minimum atomic E-state index is 0.598. The van der Waals surface area contributed by atoms with Crippen LogP contribution in [-0.2, 0) is 4.74 Å². The number of hydrogen-bond donors (Lipinski definition) is 0. The van der Waals surface area contributed by atoms with Crippen LogP contribution in [0.4, 0.5) is 5.82 Å². The van der Waals surface area contributed by atoms with E-state index >= 15 is 0 Å². The lowest BCUT2D eigenvalue weighted by Crippen LogP contribution is -2.23. The highest BCUT2D eigenvalue weighted by atomic mass is 35.5. The van der Waals surface area contributed by atoms with Gasteiger partial charge in [0.15, 0.2) is 0 Å². The van der Waals surface area contributed by atoms with E-state index in [0.717, 1.165) is 43.8 Å². The van der Waals surface area contributed by atoms with Gasteiger partial charge in [-0.2, -0.15) is 0 Å². The van der Waals surface area contributed by atoms with Crippen LogP contribution in [0, 0.1) is 11.8 Å². The Labute approximate surface area is 118 Å². The highest BCUT2D eigenvalue weighted by Crippen LogP contribution is 2.46. The first-order valence-corrected chi connectivity index (χ1v) is 7.37. The summed E-state index contributed by atoms with van der Waals surface area (Å²) in [5, 5.41) is 0.598. The van der Waals surface area contributed by atoms with Crippen molar-refractivity contribution >= 4 is 23.0 Å². The molecule has 1 saturated heterocycles. The molecule has 2 unspecified atom stereocenters. The number of pyridine rings is 1. The van der Waals surface area contributed by atoms with Crippen molar-refractivity contribution in [3.63, 3.8) is 0 Å². The number of hydrogen-bond acceptors (Lipinski definition) is 3. The molecule has 4 heteroatoms. The highest BCUT2D eigenvalue weighted by Gasteiger charge is 2.45. The molecule has 0 aromatic carbocycles. The first-order valence-electron chi connectivity index (χ1n) is 6.99. The lowest BCUT2D eigenvalue weighted by atomic mass is 10.0. The Hall–Kier alpha value is -1.06. The van der Waals surface area contributed by atoms with E-state index in [4.69, 9.17) is 16.3 Å². The Bertz CT molecular complexity index is 533. The van der Waals surface area contributed by atoms with E-state index in [0.29, 0.717) is 11.8 Å². The minimum absolute atomic E-state index is 0.598. The molecular weight excluding hydrogens is 260 g/mol. The van der Waals surface area contributed by atoms with Crippen molar-refractivity contribution in [3.05, 3.63) is 28.9 Å². The summed E-state index contributed by atoms with van der Waals surface area (Å²) in [5.41, 5.74) is 2.54. The van der Waals surface area contributed by atoms with Crippen molar-refractivity contribution in [1.82, 2.24) is 4.98 Å². The van der Waals surface area contributed by atoms with Gasteiger partial charge in [0.1, 0.15) is 11.0 Å². The molecule has 2 atom stereocenters. The van der Waals surface area contributed by atoms with Crippen LogP contribution in [0.5, 0.6) is 0 Å². The standard InChI is InChI=1S/C15H17ClN2O/c16-14-6-11(10-1-3-19-4-2-10)7-15(17-14)18-8-12-5-13(12)9-18/h1,6-7,12-13H,2-5,8-9H2. The van der Waals surface area contributed by atoms with Gasteiger partial charge < -0.3 is 9.64 Å². The molecule has 1 aromatic rings. The predicted molar refractivity (Wildman–Crippen MR) is 76.5 cm³/mol. The van der Waals surface area contributed by atoms with Gasteiger partial charge in [0.05, 0.1) is 13.2 Å². The van der Waals surface area contributed by atoms with Crippen LogP contribution in [0.3, 0.4) is 0 Å². The predicted octanol–water partition coefficient (Wildman–Crippen LogP) is 2.99. The first-order chi connectivity index (χ1) is 9.29. The molecule has 1 saturated carbocycles. The van der Waals surface area contributed by atoms with E-state index in [1.165, 1.54) is 17.6 Å². The Balaban J connectivity index is 1.64. The summed E-state index contributed by atoms with van der Waals surface area (Å²) in [5.74, 6) is 2.86. The van der Waals surface area contributed by atoms with Crippen LogP contribution in [0.1, 0.15) is 18.4 Å². The molecule has 2 aliphatic heterocycles. The summed E-state index contributed by atoms with van der Waals surface area (Å²) in [6.45, 7) is 3.81. The third-order valence-electron chi connectivity index (χ3n) is 4.42. The maximum absolute atomic E-state index is 6.20. The zero-order chi connectivity index (χ0) is 12.8. The fraction of sp³-hybridized carbons (Fsp3) is 0.533. The van der Waals surface area contributed by atoms with E-state index in [-0.39, 0.29) is 0 Å². The minimum Gasteiger partial charge on any atom is -0.377 e. The van der Waals surface area contributed by atoms with E-state index in [9.17, 15) is 0 Å². The van der Waals surface area contributed by atoms with Gasteiger partial charge in [0.2, 0.25) is 0 Å². The summed E-state index contributed by atoms with van der Waals surface area (Å²) in [6, 6.07) is 4.16. The molecule has 0 spiro atoms. The molecule has 1 aromatic heterocycles. The summed E-state index contributed by atoms with van der Waals surface area (Å²) >= 11 is 6.20. The zero-order valence-corrected chi connectivity index (χ0v) is 11.6. The van der Waals surface area contributed by atoms with Crippen molar-refractivity contribution in [2.45, 2.75) is 12.8 Å². The van der Waals surface area contributed by atoms with Crippen LogP contribution in [-0.4, -0.2) is 31.3 Å². The molecule has 4 rings (SSSR count). The highest BCUT2D eigenvalue weighted by molar-refractivity contribution is 6.29. The number of ether oxygens (including phenoxy) is 1. The molecular formula is C15H17ClN2O. The van der Waals surface area contributed by atoms with Crippen molar-refractivity contribution in [2.75, 3.05) is 31.2 Å². The average Bonchev–Trinajstić information content (AvgIpc) is 3.05. The van der Waals surface area contributed by atoms with Crippen molar-refractivity contribution in [3.8, 4) is 0 Å². The van der Waals surface area contributed by atoms with Crippen LogP contribution in [0.15, 0.2) is 18.2 Å². The number of rotatable bonds is 2. The van der Waals surface area contributed by atoms with E-state index in [1.807, 2.05) is 6.07 Å². The summed E-state index contributed by atoms with van der Waals surface area (Å²) in [6.07, 6.45) is 4.53. The monoisotopic (exact) mass is 276 g/mol. The molecule has 3 heterocycles. The maximum Gasteiger partial charge on any atom is 0.132 e. The number of nitrogens with zero attached hydrogens (tertiary/aromatic N) is 2. The molecule has 100 valence electrons. The van der Waals surface area contributed by atoms with Crippen LogP contribution < -0.4 is 4.90 Å². The van der Waals surface area contributed by atoms with Gasteiger partial charge in [-0.3, -0.25) is 0 Å². The molecule has 3 aliphatic rings. The topological polar surface area (TPSA) is 25.4 Å². The van der Waals surface area contributed by atoms with Crippen LogP contribution >= 0.6 is 11.6 Å². The second kappa shape index (κ2) is 4.50. The first kappa shape index (κ1) is 11.7. The fourth-order valence-electron chi connectivity index (χ4n) is 3.20. The van der Waals surface area contributed by atoms with E-state index in [1.54, 1.807) is 0 Å². The SMILES string of the molecule is Clc1cc(C2=CCOCC2)cc(N2CC3CC3C2)n1. The number of aromatic nitrogens is 1. The molecule has 0 N–H and O–H groups in total. The molecule has 19 heavy (non-hydrogen) atoms. The molecule has 0 amide bonds. The average molecular weight is 277 g/mol. The normalized spacial score (nSPS) is 29.1. The fourth-order valence-corrected chi connectivity index (χ4v) is 3.41. The quantitative estimate of drug-likeness (QED) is 0.777. The molecule has 0 radical (unpaired) electrons. The van der Waals surface area contributed by atoms with Gasteiger partial charge in [-0.25, -0.2) is 4.98 Å². The second-order valence-electron chi connectivity index (χ2n) is 5.75. The second-order valence-corrected chi connectivity index (χ2v) is 6.14. The summed E-state index contributed by atoms with van der Waals surface area (Å²) in [7, 11) is 0. The van der Waals surface area contributed by atoms with Gasteiger partial charge in [-0.1, -0.05) is 17.7 Å². The number of fused-ring (bicyclic) bond motifs is 1. The third-order valence-corrected chi connectivity index (χ3v) is 4.61. The van der Waals surface area contributed by atoms with Crippen molar-refractivity contribution in [1.29, 1.82) is 0 Å². The Morgan fingerprint density at radius 1 is 1.26 bits per heavy atom. The largest absolute Gasteiger partial charge is 0.377 e. The van der Waals surface area contributed by atoms with Gasteiger partial charge >= 0.3 is 0 Å². The van der Waals surface area contributed by atoms with Gasteiger partial charge in [0.25, 0.3) is 0 Å². The zero-order valence-electron chi connectivity index (χ0n) is 10.8. The Morgan fingerprint density at radius 3 is 2.84 bits per heavy atom. The van der Waals surface area contributed by atoms with Crippen molar-refractivity contribution in [2.24, 2.45) is 11.8 Å². The third kappa shape index (κ3) is 2.26. The Morgan fingerprint density at radius 2 is 2.11 bits per heavy atom. The molecule has 2 fully saturated rings.